The van der Waals surface area contributed by atoms with Gasteiger partial charge in [0.15, 0.2) is 5.16 Å². The van der Waals surface area contributed by atoms with Gasteiger partial charge in [0, 0.05) is 12.2 Å². The van der Waals surface area contributed by atoms with E-state index in [2.05, 4.69) is 15.5 Å². The van der Waals surface area contributed by atoms with Crippen molar-refractivity contribution >= 4 is 40.0 Å². The molecular weight excluding hydrogens is 405 g/mol. The maximum atomic E-state index is 13.8. The fourth-order valence-corrected chi connectivity index (χ4v) is 4.07. The van der Waals surface area contributed by atoms with Crippen LogP contribution in [0.25, 0.3) is 16.7 Å². The normalized spacial score (nSPS) is 11.3. The summed E-state index contributed by atoms with van der Waals surface area (Å²) >= 11 is 1.21. The van der Waals surface area contributed by atoms with Gasteiger partial charge in [-0.25, -0.2) is 4.39 Å². The number of carbonyl (C=O) groups is 1. The zero-order chi connectivity index (χ0) is 21.3. The number of nitrogens with one attached hydrogen (secondary N) is 1. The lowest BCUT2D eigenvalue weighted by molar-refractivity contribution is -0.113. The first-order valence-electron chi connectivity index (χ1n) is 9.54. The summed E-state index contributed by atoms with van der Waals surface area (Å²) in [6.45, 7) is 4.34. The molecule has 0 atom stereocenters. The molecule has 1 amide bonds. The highest BCUT2D eigenvalue weighted by molar-refractivity contribution is 7.99. The maximum Gasteiger partial charge on any atom is 0.262 e. The third-order valence-electron chi connectivity index (χ3n) is 4.61. The molecule has 2 aromatic heterocycles. The van der Waals surface area contributed by atoms with Crippen LogP contribution in [0.5, 0.6) is 0 Å². The smallest absolute Gasteiger partial charge is 0.262 e. The van der Waals surface area contributed by atoms with E-state index in [0.717, 1.165) is 11.3 Å². The molecule has 1 N–H and O–H groups in total. The molecule has 0 saturated carbocycles. The minimum absolute atomic E-state index is 0.115. The van der Waals surface area contributed by atoms with E-state index in [0.29, 0.717) is 29.4 Å². The fraction of sp³-hybridized carbons (Fsp3) is 0.238. The van der Waals surface area contributed by atoms with Crippen molar-refractivity contribution in [2.24, 2.45) is 0 Å². The zero-order valence-electron chi connectivity index (χ0n) is 16.6. The van der Waals surface area contributed by atoms with Crippen molar-refractivity contribution in [2.75, 3.05) is 11.1 Å². The van der Waals surface area contributed by atoms with Crippen molar-refractivity contribution in [3.05, 3.63) is 64.2 Å². The number of aromatic nitrogens is 4. The SMILES string of the molecule is CCCn1c(=O)c2cc(F)ccc2n2c(SCC(=O)Nc3cccc(C)c3)nnc12. The number of hydrogen-bond acceptors (Lipinski definition) is 5. The number of hydrogen-bond donors (Lipinski definition) is 1. The number of amides is 1. The molecule has 0 fully saturated rings. The highest BCUT2D eigenvalue weighted by Gasteiger charge is 2.18. The van der Waals surface area contributed by atoms with Crippen LogP contribution in [-0.2, 0) is 11.3 Å². The Kier molecular flexibility index (Phi) is 5.54. The summed E-state index contributed by atoms with van der Waals surface area (Å²) in [4.78, 5) is 25.2. The van der Waals surface area contributed by atoms with Gasteiger partial charge in [-0.05, 0) is 49.2 Å². The molecule has 0 unspecified atom stereocenters. The Bertz CT molecular complexity index is 1310. The van der Waals surface area contributed by atoms with Gasteiger partial charge in [0.05, 0.1) is 16.7 Å². The molecule has 154 valence electrons. The predicted octanol–water partition coefficient (Wildman–Crippen LogP) is 3.63. The number of halogens is 1. The van der Waals surface area contributed by atoms with Crippen LogP contribution in [-0.4, -0.2) is 30.8 Å². The van der Waals surface area contributed by atoms with E-state index in [1.54, 1.807) is 4.40 Å². The van der Waals surface area contributed by atoms with Crippen LogP contribution in [0.15, 0.2) is 52.4 Å². The van der Waals surface area contributed by atoms with E-state index in [1.807, 2.05) is 38.1 Å². The average Bonchev–Trinajstić information content (AvgIpc) is 3.13. The summed E-state index contributed by atoms with van der Waals surface area (Å²) in [5.74, 6) is -0.173. The van der Waals surface area contributed by atoms with E-state index in [9.17, 15) is 14.0 Å². The first-order chi connectivity index (χ1) is 14.5. The number of anilines is 1. The van der Waals surface area contributed by atoms with Gasteiger partial charge < -0.3 is 5.32 Å². The zero-order valence-corrected chi connectivity index (χ0v) is 17.4. The second-order valence-electron chi connectivity index (χ2n) is 6.94. The standard InChI is InChI=1S/C21H20FN5O2S/c1-3-9-26-19(29)16-11-14(22)7-8-17(16)27-20(26)24-25-21(27)30-12-18(28)23-15-6-4-5-13(2)10-15/h4-8,10-11H,3,9,12H2,1-2H3,(H,23,28). The van der Waals surface area contributed by atoms with Gasteiger partial charge >= 0.3 is 0 Å². The predicted molar refractivity (Wildman–Crippen MR) is 116 cm³/mol. The second kappa shape index (κ2) is 8.27. The molecule has 7 nitrogen and oxygen atoms in total. The number of aryl methyl sites for hydroxylation is 2. The first-order valence-corrected chi connectivity index (χ1v) is 10.5. The molecule has 9 heteroatoms. The summed E-state index contributed by atoms with van der Waals surface area (Å²) in [5.41, 5.74) is 1.98. The van der Waals surface area contributed by atoms with Crippen molar-refractivity contribution in [3.63, 3.8) is 0 Å². The topological polar surface area (TPSA) is 81.3 Å². The Balaban J connectivity index is 1.69. The maximum absolute atomic E-state index is 13.8. The van der Waals surface area contributed by atoms with Crippen LogP contribution in [0.2, 0.25) is 0 Å². The quantitative estimate of drug-likeness (QED) is 0.477. The third-order valence-corrected chi connectivity index (χ3v) is 5.54. The Morgan fingerprint density at radius 2 is 2.03 bits per heavy atom. The lowest BCUT2D eigenvalue weighted by Gasteiger charge is -2.10. The van der Waals surface area contributed by atoms with E-state index in [1.165, 1.54) is 34.5 Å². The van der Waals surface area contributed by atoms with Gasteiger partial charge in [-0.3, -0.25) is 18.6 Å². The van der Waals surface area contributed by atoms with Gasteiger partial charge in [-0.15, -0.1) is 10.2 Å². The van der Waals surface area contributed by atoms with Crippen molar-refractivity contribution in [2.45, 2.75) is 32.0 Å². The summed E-state index contributed by atoms with van der Waals surface area (Å²) in [5, 5.41) is 11.9. The van der Waals surface area contributed by atoms with Crippen LogP contribution in [0.3, 0.4) is 0 Å². The number of nitrogens with zero attached hydrogens (tertiary/aromatic N) is 4. The summed E-state index contributed by atoms with van der Waals surface area (Å²) < 4.78 is 17.0. The Morgan fingerprint density at radius 1 is 1.20 bits per heavy atom. The summed E-state index contributed by atoms with van der Waals surface area (Å²) in [6, 6.07) is 11.6. The van der Waals surface area contributed by atoms with Crippen molar-refractivity contribution < 1.29 is 9.18 Å². The van der Waals surface area contributed by atoms with Crippen molar-refractivity contribution in [1.82, 2.24) is 19.2 Å². The number of thioether (sulfide) groups is 1. The number of rotatable bonds is 6. The summed E-state index contributed by atoms with van der Waals surface area (Å²) in [7, 11) is 0. The molecule has 0 saturated heterocycles. The van der Waals surface area contributed by atoms with Crippen LogP contribution in [0, 0.1) is 12.7 Å². The first kappa shape index (κ1) is 20.1. The van der Waals surface area contributed by atoms with Gasteiger partial charge in [0.1, 0.15) is 5.82 Å². The van der Waals surface area contributed by atoms with E-state index < -0.39 is 5.82 Å². The van der Waals surface area contributed by atoms with Gasteiger partial charge in [0.2, 0.25) is 11.7 Å². The largest absolute Gasteiger partial charge is 0.325 e. The van der Waals surface area contributed by atoms with Crippen LogP contribution >= 0.6 is 11.8 Å². The highest BCUT2D eigenvalue weighted by Crippen LogP contribution is 2.22. The molecule has 0 radical (unpaired) electrons. The minimum Gasteiger partial charge on any atom is -0.325 e. The molecule has 0 aliphatic heterocycles. The van der Waals surface area contributed by atoms with Crippen molar-refractivity contribution in [3.8, 4) is 0 Å². The lowest BCUT2D eigenvalue weighted by Crippen LogP contribution is -2.23. The van der Waals surface area contributed by atoms with Crippen LogP contribution in [0.4, 0.5) is 10.1 Å². The molecular formula is C21H20FN5O2S. The summed E-state index contributed by atoms with van der Waals surface area (Å²) in [6.07, 6.45) is 0.713. The van der Waals surface area contributed by atoms with Gasteiger partial charge in [-0.2, -0.15) is 0 Å². The molecule has 4 aromatic rings. The molecule has 2 aromatic carbocycles. The molecule has 30 heavy (non-hydrogen) atoms. The molecule has 0 aliphatic carbocycles. The molecule has 0 aliphatic rings. The number of fused-ring (bicyclic) bond motifs is 3. The van der Waals surface area contributed by atoms with Gasteiger partial charge in [-0.1, -0.05) is 30.8 Å². The van der Waals surface area contributed by atoms with Crippen LogP contribution in [0.1, 0.15) is 18.9 Å². The number of benzene rings is 2. The average molecular weight is 425 g/mol. The fourth-order valence-electron chi connectivity index (χ4n) is 3.33. The Hall–Kier alpha value is -3.20. The van der Waals surface area contributed by atoms with E-state index in [-0.39, 0.29) is 22.6 Å². The van der Waals surface area contributed by atoms with E-state index >= 15 is 0 Å². The monoisotopic (exact) mass is 425 g/mol. The Labute approximate surface area is 175 Å². The highest BCUT2D eigenvalue weighted by atomic mass is 32.2. The minimum atomic E-state index is -0.484. The van der Waals surface area contributed by atoms with Crippen molar-refractivity contribution in [1.29, 1.82) is 0 Å². The number of carbonyl (C=O) groups excluding carboxylic acids is 1. The molecule has 0 spiro atoms. The third kappa shape index (κ3) is 3.80. The van der Waals surface area contributed by atoms with E-state index in [4.69, 9.17) is 0 Å². The lowest BCUT2D eigenvalue weighted by atomic mass is 10.2. The molecule has 2 heterocycles. The Morgan fingerprint density at radius 3 is 2.80 bits per heavy atom. The molecule has 0 bridgehead atoms. The van der Waals surface area contributed by atoms with Gasteiger partial charge in [0.25, 0.3) is 5.56 Å². The van der Waals surface area contributed by atoms with Crippen LogP contribution < -0.4 is 10.9 Å². The second-order valence-corrected chi connectivity index (χ2v) is 7.89. The molecule has 4 rings (SSSR count).